The van der Waals surface area contributed by atoms with Crippen molar-refractivity contribution in [2.75, 3.05) is 0 Å². The summed E-state index contributed by atoms with van der Waals surface area (Å²) in [7, 11) is 0. The van der Waals surface area contributed by atoms with Gasteiger partial charge in [0.15, 0.2) is 5.82 Å². The fourth-order valence-corrected chi connectivity index (χ4v) is 10.7. The van der Waals surface area contributed by atoms with Crippen LogP contribution in [0.5, 0.6) is 0 Å². The number of hydrogen-bond donors (Lipinski definition) is 0. The Morgan fingerprint density at radius 3 is 1.76 bits per heavy atom. The summed E-state index contributed by atoms with van der Waals surface area (Å²) in [5.74, 6) is 1.52. The molecule has 0 unspecified atom stereocenters. The van der Waals surface area contributed by atoms with E-state index >= 15 is 0 Å². The second-order valence-corrected chi connectivity index (χ2v) is 17.0. The van der Waals surface area contributed by atoms with Crippen LogP contribution in [0.1, 0.15) is 0 Å². The van der Waals surface area contributed by atoms with Crippen molar-refractivity contribution in [2.45, 2.75) is 0 Å². The van der Waals surface area contributed by atoms with Crippen molar-refractivity contribution in [3.63, 3.8) is 0 Å². The van der Waals surface area contributed by atoms with Crippen molar-refractivity contribution in [2.24, 2.45) is 0 Å². The largest absolute Gasteiger partial charge is 0.294 e. The van der Waals surface area contributed by atoms with Gasteiger partial charge in [-0.2, -0.15) is 0 Å². The Hall–Kier alpha value is -7.92. The van der Waals surface area contributed by atoms with Crippen LogP contribution in [-0.2, 0) is 0 Å². The lowest BCUT2D eigenvalue weighted by molar-refractivity contribution is 1.05. The minimum Gasteiger partial charge on any atom is -0.294 e. The van der Waals surface area contributed by atoms with Gasteiger partial charge in [0.05, 0.1) is 16.7 Å². The summed E-state index contributed by atoms with van der Waals surface area (Å²) in [5, 5.41) is 15.7. The molecule has 4 heteroatoms. The molecular weight excluding hydrogens is 771 g/mol. The zero-order valence-corrected chi connectivity index (χ0v) is 34.3. The minimum atomic E-state index is 0.690. The van der Waals surface area contributed by atoms with Crippen LogP contribution in [0.2, 0.25) is 0 Å². The molecule has 3 nitrogen and oxygen atoms in total. The van der Waals surface area contributed by atoms with E-state index < -0.39 is 0 Å². The number of thiophene rings is 1. The van der Waals surface area contributed by atoms with E-state index in [0.29, 0.717) is 5.82 Å². The fourth-order valence-electron chi connectivity index (χ4n) is 9.77. The molecule has 3 heterocycles. The molecule has 10 aromatic carbocycles. The van der Waals surface area contributed by atoms with Crippen LogP contribution >= 0.6 is 11.3 Å². The molecular formula is C58H35N3S. The van der Waals surface area contributed by atoms with Crippen LogP contribution in [0.4, 0.5) is 0 Å². The Bertz CT molecular complexity index is 3860. The first kappa shape index (κ1) is 34.9. The molecule has 0 amide bonds. The first-order valence-electron chi connectivity index (χ1n) is 21.0. The van der Waals surface area contributed by atoms with Crippen molar-refractivity contribution in [1.29, 1.82) is 0 Å². The van der Waals surface area contributed by atoms with Gasteiger partial charge < -0.3 is 0 Å². The van der Waals surface area contributed by atoms with Gasteiger partial charge in [-0.15, -0.1) is 11.3 Å². The van der Waals surface area contributed by atoms with Crippen LogP contribution < -0.4 is 0 Å². The van der Waals surface area contributed by atoms with E-state index in [0.717, 1.165) is 33.7 Å². The van der Waals surface area contributed by atoms with Gasteiger partial charge in [0.2, 0.25) is 0 Å². The van der Waals surface area contributed by atoms with Gasteiger partial charge >= 0.3 is 0 Å². The molecule has 0 spiro atoms. The predicted molar refractivity (Wildman–Crippen MR) is 264 cm³/mol. The van der Waals surface area contributed by atoms with Crippen LogP contribution in [0.25, 0.3) is 126 Å². The SMILES string of the molecule is c1ccc(-c2cc(-n3c4ccc(-c5cccc6ccccc56)cc4c4cc5c6ccccc6c6cc(-c7cccc8ccsc78)ccc6c5cc43)nc(-c3ccccc3)n2)cc1. The average Bonchev–Trinajstić information content (AvgIpc) is 3.96. The highest BCUT2D eigenvalue weighted by molar-refractivity contribution is 7.17. The molecule has 13 aromatic rings. The molecule has 13 rings (SSSR count). The molecule has 0 fully saturated rings. The third-order valence-corrected chi connectivity index (χ3v) is 13.6. The van der Waals surface area contributed by atoms with Crippen molar-refractivity contribution in [1.82, 2.24) is 14.5 Å². The number of nitrogens with zero attached hydrogens (tertiary/aromatic N) is 3. The quantitative estimate of drug-likeness (QED) is 0.162. The molecule has 0 saturated heterocycles. The second kappa shape index (κ2) is 13.8. The highest BCUT2D eigenvalue weighted by atomic mass is 32.1. The first-order valence-corrected chi connectivity index (χ1v) is 21.9. The van der Waals surface area contributed by atoms with Crippen LogP contribution in [-0.4, -0.2) is 14.5 Å². The van der Waals surface area contributed by atoms with Gasteiger partial charge in [0, 0.05) is 32.7 Å². The fraction of sp³-hybridized carbons (Fsp3) is 0. The number of rotatable bonds is 5. The highest BCUT2D eigenvalue weighted by Crippen LogP contribution is 2.44. The van der Waals surface area contributed by atoms with Gasteiger partial charge in [0.1, 0.15) is 5.82 Å². The Morgan fingerprint density at radius 2 is 0.935 bits per heavy atom. The van der Waals surface area contributed by atoms with Gasteiger partial charge in [-0.25, -0.2) is 9.97 Å². The Morgan fingerprint density at radius 1 is 0.339 bits per heavy atom. The van der Waals surface area contributed by atoms with Crippen LogP contribution in [0.15, 0.2) is 212 Å². The molecule has 0 aliphatic rings. The molecule has 0 aliphatic heterocycles. The number of benzene rings is 10. The monoisotopic (exact) mass is 805 g/mol. The van der Waals surface area contributed by atoms with E-state index in [2.05, 4.69) is 210 Å². The summed E-state index contributed by atoms with van der Waals surface area (Å²) in [5.41, 5.74) is 10.00. The third kappa shape index (κ3) is 5.44. The molecule has 0 bridgehead atoms. The van der Waals surface area contributed by atoms with Gasteiger partial charge in [-0.1, -0.05) is 164 Å². The van der Waals surface area contributed by atoms with E-state index in [-0.39, 0.29) is 0 Å². The summed E-state index contributed by atoms with van der Waals surface area (Å²) in [4.78, 5) is 10.6. The summed E-state index contributed by atoms with van der Waals surface area (Å²) in [6.45, 7) is 0. The molecule has 0 saturated carbocycles. The van der Waals surface area contributed by atoms with Crippen molar-refractivity contribution < 1.29 is 0 Å². The van der Waals surface area contributed by atoms with E-state index in [1.165, 1.54) is 86.2 Å². The number of fused-ring (bicyclic) bond motifs is 11. The minimum absolute atomic E-state index is 0.690. The van der Waals surface area contributed by atoms with E-state index in [4.69, 9.17) is 9.97 Å². The molecule has 0 aliphatic carbocycles. The van der Waals surface area contributed by atoms with Crippen molar-refractivity contribution in [3.05, 3.63) is 212 Å². The maximum atomic E-state index is 5.40. The Labute approximate surface area is 361 Å². The lowest BCUT2D eigenvalue weighted by Crippen LogP contribution is -2.02. The molecule has 62 heavy (non-hydrogen) atoms. The summed E-state index contributed by atoms with van der Waals surface area (Å²) in [6.07, 6.45) is 0. The topological polar surface area (TPSA) is 30.7 Å². The average molecular weight is 806 g/mol. The predicted octanol–water partition coefficient (Wildman–Crippen LogP) is 16.1. The van der Waals surface area contributed by atoms with Gasteiger partial charge in [-0.3, -0.25) is 4.57 Å². The lowest BCUT2D eigenvalue weighted by Gasteiger charge is -2.14. The Balaban J connectivity index is 1.14. The zero-order chi connectivity index (χ0) is 40.7. The summed E-state index contributed by atoms with van der Waals surface area (Å²) < 4.78 is 3.69. The van der Waals surface area contributed by atoms with Crippen molar-refractivity contribution in [3.8, 4) is 50.7 Å². The standard InChI is InChI=1S/C58H35N3S/c1-3-14-37(15-4-1)53-35-56(60-58(59-53)39-16-5-2-6-17-39)61-54-28-26-40(43-23-11-18-36-13-7-8-20-42(36)43)32-51(54)52-33-49-46-22-10-9-21-45(46)48-31-41(25-27-47(48)50(49)34-55(52)61)44-24-12-19-38-29-30-62-57(38)44/h1-35H. The van der Waals surface area contributed by atoms with E-state index in [1.807, 2.05) is 17.4 Å². The van der Waals surface area contributed by atoms with Crippen LogP contribution in [0, 0.1) is 0 Å². The first-order chi connectivity index (χ1) is 30.7. The Kier molecular flexibility index (Phi) is 7.78. The normalized spacial score (nSPS) is 11.9. The third-order valence-electron chi connectivity index (χ3n) is 12.7. The summed E-state index contributed by atoms with van der Waals surface area (Å²) >= 11 is 1.81. The zero-order valence-electron chi connectivity index (χ0n) is 33.5. The number of aromatic nitrogens is 3. The lowest BCUT2D eigenvalue weighted by atomic mass is 9.91. The molecule has 3 aromatic heterocycles. The summed E-state index contributed by atoms with van der Waals surface area (Å²) in [6, 6.07) is 74.8. The van der Waals surface area contributed by atoms with E-state index in [9.17, 15) is 0 Å². The molecule has 0 atom stereocenters. The maximum absolute atomic E-state index is 5.40. The highest BCUT2D eigenvalue weighted by Gasteiger charge is 2.21. The molecule has 288 valence electrons. The van der Waals surface area contributed by atoms with Crippen molar-refractivity contribution >= 4 is 86.3 Å². The maximum Gasteiger partial charge on any atom is 0.162 e. The van der Waals surface area contributed by atoms with Crippen LogP contribution in [0.3, 0.4) is 0 Å². The molecule has 0 N–H and O–H groups in total. The second-order valence-electron chi connectivity index (χ2n) is 16.1. The number of hydrogen-bond acceptors (Lipinski definition) is 3. The molecule has 0 radical (unpaired) electrons. The van der Waals surface area contributed by atoms with Gasteiger partial charge in [0.25, 0.3) is 0 Å². The van der Waals surface area contributed by atoms with Gasteiger partial charge in [-0.05, 0) is 113 Å². The van der Waals surface area contributed by atoms with E-state index in [1.54, 1.807) is 0 Å². The smallest absolute Gasteiger partial charge is 0.162 e.